The molecular weight excluding hydrogens is 464 g/mol. The Kier molecular flexibility index (Phi) is 7.00. The van der Waals surface area contributed by atoms with E-state index in [2.05, 4.69) is 16.0 Å². The van der Waals surface area contributed by atoms with Crippen LogP contribution in [0.2, 0.25) is 5.02 Å². The van der Waals surface area contributed by atoms with Gasteiger partial charge in [0, 0.05) is 28.9 Å². The number of hydroxylamine groups is 2. The Morgan fingerprint density at radius 1 is 1.11 bits per heavy atom. The van der Waals surface area contributed by atoms with Crippen molar-refractivity contribution in [3.63, 3.8) is 0 Å². The Morgan fingerprint density at radius 2 is 1.86 bits per heavy atom. The second-order valence-electron chi connectivity index (χ2n) is 10.1. The molecule has 1 saturated heterocycles. The minimum absolute atomic E-state index is 0.252. The van der Waals surface area contributed by atoms with Crippen LogP contribution in [0, 0.1) is 17.2 Å². The molecule has 1 aromatic heterocycles. The average molecular weight is 492 g/mol. The van der Waals surface area contributed by atoms with Gasteiger partial charge in [0.05, 0.1) is 17.3 Å². The quantitative estimate of drug-likeness (QED) is 0.393. The zero-order valence-corrected chi connectivity index (χ0v) is 21.0. The normalized spacial score (nSPS) is 17.5. The van der Waals surface area contributed by atoms with Crippen LogP contribution < -0.4 is 9.47 Å². The summed E-state index contributed by atoms with van der Waals surface area (Å²) in [7, 11) is 0. The average Bonchev–Trinajstić information content (AvgIpc) is 2.83. The van der Waals surface area contributed by atoms with Crippen molar-refractivity contribution in [3.8, 4) is 34.6 Å². The first-order valence-electron chi connectivity index (χ1n) is 11.5. The molecule has 0 spiro atoms. The highest BCUT2D eigenvalue weighted by atomic mass is 35.5. The highest BCUT2D eigenvalue weighted by molar-refractivity contribution is 6.32. The molecule has 1 aliphatic heterocycles. The smallest absolute Gasteiger partial charge is 0.146 e. The molecular formula is C27H28ClN4O3. The van der Waals surface area contributed by atoms with Crippen LogP contribution in [0.5, 0.6) is 17.2 Å². The van der Waals surface area contributed by atoms with E-state index in [4.69, 9.17) is 21.1 Å². The Labute approximate surface area is 210 Å². The first kappa shape index (κ1) is 24.9. The van der Waals surface area contributed by atoms with Gasteiger partial charge in [-0.2, -0.15) is 5.26 Å². The third kappa shape index (κ3) is 5.40. The van der Waals surface area contributed by atoms with Gasteiger partial charge in [0.2, 0.25) is 0 Å². The summed E-state index contributed by atoms with van der Waals surface area (Å²) >= 11 is 6.51. The lowest BCUT2D eigenvalue weighted by Gasteiger charge is -2.49. The molecule has 8 heteroatoms. The summed E-state index contributed by atoms with van der Waals surface area (Å²) in [6.07, 6.45) is 4.58. The minimum Gasteiger partial charge on any atom is -0.493 e. The van der Waals surface area contributed by atoms with E-state index in [-0.39, 0.29) is 5.92 Å². The van der Waals surface area contributed by atoms with Crippen molar-refractivity contribution in [1.29, 1.82) is 5.26 Å². The van der Waals surface area contributed by atoms with Crippen molar-refractivity contribution in [3.05, 3.63) is 65.6 Å². The van der Waals surface area contributed by atoms with Crippen LogP contribution in [0.4, 0.5) is 0 Å². The number of ether oxygens (including phenoxy) is 2. The van der Waals surface area contributed by atoms with Gasteiger partial charge in [-0.1, -0.05) is 23.7 Å². The van der Waals surface area contributed by atoms with Gasteiger partial charge in [-0.25, -0.2) is 9.97 Å². The van der Waals surface area contributed by atoms with Crippen molar-refractivity contribution in [2.24, 2.45) is 5.92 Å². The molecule has 1 aliphatic rings. The molecule has 0 saturated carbocycles. The predicted molar refractivity (Wildman–Crippen MR) is 133 cm³/mol. The van der Waals surface area contributed by atoms with Crippen molar-refractivity contribution in [2.45, 2.75) is 51.6 Å². The molecule has 1 radical (unpaired) electrons. The lowest BCUT2D eigenvalue weighted by atomic mass is 9.75. The number of nitriles is 1. The van der Waals surface area contributed by atoms with Gasteiger partial charge in [0.25, 0.3) is 0 Å². The largest absolute Gasteiger partial charge is 0.493 e. The summed E-state index contributed by atoms with van der Waals surface area (Å²) in [6.45, 7) is 8.41. The third-order valence-electron chi connectivity index (χ3n) is 6.28. The minimum atomic E-state index is -0.441. The maximum Gasteiger partial charge on any atom is 0.146 e. The topological polar surface area (TPSA) is 91.2 Å². The van der Waals surface area contributed by atoms with E-state index in [1.807, 2.05) is 33.8 Å². The molecule has 2 aromatic carbocycles. The number of hydrogen-bond donors (Lipinski definition) is 0. The number of rotatable bonds is 6. The maximum atomic E-state index is 12.6. The fraction of sp³-hybridized carbons (Fsp3) is 0.370. The molecule has 0 unspecified atom stereocenters. The van der Waals surface area contributed by atoms with Gasteiger partial charge in [0.1, 0.15) is 35.2 Å². The van der Waals surface area contributed by atoms with E-state index >= 15 is 0 Å². The zero-order chi connectivity index (χ0) is 25.2. The van der Waals surface area contributed by atoms with Crippen LogP contribution in [0.3, 0.4) is 0 Å². The number of benzene rings is 2. The Bertz CT molecular complexity index is 1220. The van der Waals surface area contributed by atoms with E-state index in [1.54, 1.807) is 42.6 Å². The molecule has 0 N–H and O–H groups in total. The van der Waals surface area contributed by atoms with E-state index in [0.29, 0.717) is 45.7 Å². The van der Waals surface area contributed by atoms with E-state index < -0.39 is 11.1 Å². The summed E-state index contributed by atoms with van der Waals surface area (Å²) in [6, 6.07) is 14.5. The van der Waals surface area contributed by atoms with E-state index in [0.717, 1.165) is 12.8 Å². The van der Waals surface area contributed by atoms with E-state index in [1.165, 1.54) is 11.4 Å². The molecule has 0 aliphatic carbocycles. The molecule has 35 heavy (non-hydrogen) atoms. The van der Waals surface area contributed by atoms with Gasteiger partial charge in [0.15, 0.2) is 0 Å². The van der Waals surface area contributed by atoms with Gasteiger partial charge < -0.3 is 9.47 Å². The first-order valence-corrected chi connectivity index (χ1v) is 11.9. The Morgan fingerprint density at radius 3 is 2.49 bits per heavy atom. The Hall–Kier alpha value is -3.18. The van der Waals surface area contributed by atoms with Crippen molar-refractivity contribution in [2.75, 3.05) is 6.61 Å². The highest BCUT2D eigenvalue weighted by Crippen LogP contribution is 2.41. The van der Waals surface area contributed by atoms with Crippen LogP contribution in [-0.4, -0.2) is 32.7 Å². The second-order valence-corrected chi connectivity index (χ2v) is 10.5. The molecule has 1 fully saturated rings. The van der Waals surface area contributed by atoms with Gasteiger partial charge in [-0.3, -0.25) is 0 Å². The van der Waals surface area contributed by atoms with Crippen LogP contribution in [0.1, 0.15) is 46.1 Å². The molecule has 7 nitrogen and oxygen atoms in total. The van der Waals surface area contributed by atoms with Crippen molar-refractivity contribution in [1.82, 2.24) is 15.0 Å². The number of nitrogens with zero attached hydrogens (tertiary/aromatic N) is 4. The number of hydrogen-bond acceptors (Lipinski definition) is 6. The molecule has 4 rings (SSSR count). The number of aromatic nitrogens is 2. The monoisotopic (exact) mass is 491 g/mol. The van der Waals surface area contributed by atoms with Crippen LogP contribution >= 0.6 is 11.6 Å². The number of piperidine rings is 1. The molecule has 181 valence electrons. The lowest BCUT2D eigenvalue weighted by Crippen LogP contribution is -2.58. The predicted octanol–water partition coefficient (Wildman–Crippen LogP) is 6.45. The van der Waals surface area contributed by atoms with Gasteiger partial charge in [-0.15, -0.1) is 10.3 Å². The summed E-state index contributed by atoms with van der Waals surface area (Å²) in [5, 5.41) is 24.0. The van der Waals surface area contributed by atoms with Crippen LogP contribution in [-0.2, 0) is 5.21 Å². The van der Waals surface area contributed by atoms with Gasteiger partial charge in [-0.05, 0) is 70.7 Å². The standard InChI is InChI=1S/C27H28ClN4O3/c1-26(2)13-18(14-27(3,4)32(26)33)16-34-19-8-9-25(22(28)12-19)35-24-7-5-6-20(21(24)15-29)23-10-11-30-17-31-23/h5-12,17-18H,13-14,16H2,1-4H3. The number of halogens is 1. The molecule has 0 atom stereocenters. The van der Waals surface area contributed by atoms with E-state index in [9.17, 15) is 10.5 Å². The second kappa shape index (κ2) is 9.82. The van der Waals surface area contributed by atoms with Gasteiger partial charge >= 0.3 is 0 Å². The summed E-state index contributed by atoms with van der Waals surface area (Å²) in [5.74, 6) is 1.67. The van der Waals surface area contributed by atoms with Crippen molar-refractivity contribution >= 4 is 11.6 Å². The van der Waals surface area contributed by atoms with Crippen molar-refractivity contribution < 1.29 is 14.7 Å². The maximum absolute atomic E-state index is 12.6. The SMILES string of the molecule is CC1(C)CC(COc2ccc(Oc3cccc(-c4ccncn4)c3C#N)c(Cl)c2)CC(C)(C)N1[O]. The molecule has 2 heterocycles. The first-order chi connectivity index (χ1) is 16.6. The highest BCUT2D eigenvalue weighted by Gasteiger charge is 2.46. The third-order valence-corrected chi connectivity index (χ3v) is 6.58. The lowest BCUT2D eigenvalue weighted by molar-refractivity contribution is -0.295. The molecule has 3 aromatic rings. The zero-order valence-electron chi connectivity index (χ0n) is 20.3. The Balaban J connectivity index is 1.48. The summed E-state index contributed by atoms with van der Waals surface area (Å²) in [5.41, 5.74) is 0.760. The molecule has 0 amide bonds. The molecule has 0 bridgehead atoms. The van der Waals surface area contributed by atoms with Crippen LogP contribution in [0.25, 0.3) is 11.3 Å². The fourth-order valence-corrected chi connectivity index (χ4v) is 5.18. The fourth-order valence-electron chi connectivity index (χ4n) is 4.97. The summed E-state index contributed by atoms with van der Waals surface area (Å²) in [4.78, 5) is 8.16. The van der Waals surface area contributed by atoms with Crippen LogP contribution in [0.15, 0.2) is 55.0 Å². The summed E-state index contributed by atoms with van der Waals surface area (Å²) < 4.78 is 12.1.